The van der Waals surface area contributed by atoms with E-state index in [1.807, 2.05) is 0 Å². The van der Waals surface area contributed by atoms with E-state index in [0.29, 0.717) is 22.6 Å². The predicted octanol–water partition coefficient (Wildman–Crippen LogP) is 4.35. The number of amides is 3. The minimum atomic E-state index is -1.02. The van der Waals surface area contributed by atoms with E-state index < -0.39 is 36.5 Å². The molecule has 1 heterocycles. The van der Waals surface area contributed by atoms with Crippen LogP contribution in [0.4, 0.5) is 4.79 Å². The standard InChI is InChI=1S/C33H33ClN4O10/c1-5-46-32(42)28-18(2)36-33(43)37-29(28)22-10-11-24(25(14-22)44-3)47-17-27(39)38-35-15-20-12-23(34)30(26(13-20)45-4)48-16-19-6-8-21(9-7-19)31(40)41/h6-15,29H,5,16-17H2,1-4H3,(H,38,39)(H,40,41)(H2,36,37,43)/b35-15-/t29-/m1/s1. The van der Waals surface area contributed by atoms with E-state index in [-0.39, 0.29) is 46.6 Å². The number of carboxylic acid groups (broad SMARTS) is 1. The van der Waals surface area contributed by atoms with Gasteiger partial charge in [-0.15, -0.1) is 0 Å². The Hall–Kier alpha value is -5.76. The van der Waals surface area contributed by atoms with E-state index in [1.165, 1.54) is 32.6 Å². The Balaban J connectivity index is 1.36. The van der Waals surface area contributed by atoms with Crippen LogP contribution in [0.25, 0.3) is 0 Å². The molecule has 0 bridgehead atoms. The van der Waals surface area contributed by atoms with Gasteiger partial charge < -0.3 is 39.4 Å². The number of allylic oxidation sites excluding steroid dienone is 1. The second kappa shape index (κ2) is 16.2. The monoisotopic (exact) mass is 680 g/mol. The van der Waals surface area contributed by atoms with Crippen molar-refractivity contribution in [2.45, 2.75) is 26.5 Å². The Morgan fingerprint density at radius 3 is 2.40 bits per heavy atom. The maximum Gasteiger partial charge on any atom is 0.338 e. The van der Waals surface area contributed by atoms with Crippen LogP contribution >= 0.6 is 11.6 Å². The summed E-state index contributed by atoms with van der Waals surface area (Å²) in [6.45, 7) is 3.17. The highest BCUT2D eigenvalue weighted by atomic mass is 35.5. The predicted molar refractivity (Wildman–Crippen MR) is 174 cm³/mol. The number of halogens is 1. The van der Waals surface area contributed by atoms with Gasteiger partial charge in [-0.05, 0) is 66.9 Å². The van der Waals surface area contributed by atoms with Gasteiger partial charge in [-0.1, -0.05) is 29.8 Å². The van der Waals surface area contributed by atoms with Gasteiger partial charge in [-0.2, -0.15) is 5.10 Å². The summed E-state index contributed by atoms with van der Waals surface area (Å²) in [4.78, 5) is 48.3. The second-order valence-corrected chi connectivity index (χ2v) is 10.5. The Bertz CT molecular complexity index is 1760. The second-order valence-electron chi connectivity index (χ2n) is 10.1. The molecule has 0 spiro atoms. The Morgan fingerprint density at radius 1 is 1.00 bits per heavy atom. The fourth-order valence-electron chi connectivity index (χ4n) is 4.61. The molecule has 252 valence electrons. The van der Waals surface area contributed by atoms with E-state index >= 15 is 0 Å². The average molecular weight is 681 g/mol. The molecule has 4 rings (SSSR count). The molecule has 14 nitrogen and oxygen atoms in total. The Labute approximate surface area is 280 Å². The summed E-state index contributed by atoms with van der Waals surface area (Å²) in [5.41, 5.74) is 4.91. The molecule has 0 aliphatic carbocycles. The molecule has 0 saturated carbocycles. The summed E-state index contributed by atoms with van der Waals surface area (Å²) >= 11 is 6.43. The summed E-state index contributed by atoms with van der Waals surface area (Å²) in [6, 6.07) is 12.9. The van der Waals surface area contributed by atoms with Crippen LogP contribution in [0.2, 0.25) is 5.02 Å². The van der Waals surface area contributed by atoms with Crippen molar-refractivity contribution in [3.05, 3.63) is 93.1 Å². The zero-order chi connectivity index (χ0) is 34.8. The lowest BCUT2D eigenvalue weighted by Crippen LogP contribution is -2.45. The lowest BCUT2D eigenvalue weighted by atomic mass is 9.95. The van der Waals surface area contributed by atoms with Crippen molar-refractivity contribution in [2.24, 2.45) is 5.10 Å². The number of esters is 1. The van der Waals surface area contributed by atoms with Crippen molar-refractivity contribution in [1.82, 2.24) is 16.1 Å². The van der Waals surface area contributed by atoms with E-state index in [1.54, 1.807) is 56.3 Å². The quantitative estimate of drug-likeness (QED) is 0.108. The highest BCUT2D eigenvalue weighted by Gasteiger charge is 2.32. The number of ether oxygens (including phenoxy) is 5. The highest BCUT2D eigenvalue weighted by Crippen LogP contribution is 2.37. The minimum absolute atomic E-state index is 0.118. The SMILES string of the molecule is CCOC(=O)C1=C(C)NC(=O)N[C@@H]1c1ccc(OCC(=O)N/N=C\c2cc(Cl)c(OCc3ccc(C(=O)O)cc3)c(OC)c2)c(OC)c1. The number of hydrogen-bond acceptors (Lipinski definition) is 10. The van der Waals surface area contributed by atoms with Crippen molar-refractivity contribution in [3.63, 3.8) is 0 Å². The summed E-state index contributed by atoms with van der Waals surface area (Å²) in [5, 5.41) is 18.5. The number of nitrogens with one attached hydrogen (secondary N) is 3. The van der Waals surface area contributed by atoms with Gasteiger partial charge >= 0.3 is 18.0 Å². The normalized spacial score (nSPS) is 14.1. The van der Waals surface area contributed by atoms with Crippen molar-refractivity contribution < 1.29 is 48.0 Å². The van der Waals surface area contributed by atoms with Gasteiger partial charge in [0, 0.05) is 5.70 Å². The molecule has 4 N–H and O–H groups in total. The van der Waals surface area contributed by atoms with Crippen molar-refractivity contribution in [3.8, 4) is 23.0 Å². The van der Waals surface area contributed by atoms with Crippen LogP contribution in [0.1, 0.15) is 46.9 Å². The number of carboxylic acids is 1. The maximum atomic E-state index is 12.6. The number of nitrogens with zero attached hydrogens (tertiary/aromatic N) is 1. The molecule has 3 amide bonds. The van der Waals surface area contributed by atoms with Gasteiger partial charge in [0.2, 0.25) is 0 Å². The summed E-state index contributed by atoms with van der Waals surface area (Å²) < 4.78 is 27.5. The maximum absolute atomic E-state index is 12.6. The zero-order valence-corrected chi connectivity index (χ0v) is 27.2. The van der Waals surface area contributed by atoms with Crippen LogP contribution in [0, 0.1) is 0 Å². The molecule has 0 fully saturated rings. The largest absolute Gasteiger partial charge is 0.493 e. The van der Waals surface area contributed by atoms with Crippen molar-refractivity contribution in [1.29, 1.82) is 0 Å². The van der Waals surface area contributed by atoms with Crippen LogP contribution in [0.5, 0.6) is 23.0 Å². The first-order valence-corrected chi connectivity index (χ1v) is 14.8. The summed E-state index contributed by atoms with van der Waals surface area (Å²) in [7, 11) is 2.86. The van der Waals surface area contributed by atoms with Gasteiger partial charge in [0.15, 0.2) is 29.6 Å². The first-order chi connectivity index (χ1) is 23.0. The summed E-state index contributed by atoms with van der Waals surface area (Å²) in [5.74, 6) is -1.07. The van der Waals surface area contributed by atoms with Crippen LogP contribution in [0.15, 0.2) is 71.0 Å². The fraction of sp³-hybridized carbons (Fsp3) is 0.242. The van der Waals surface area contributed by atoms with E-state index in [4.69, 9.17) is 40.4 Å². The smallest absolute Gasteiger partial charge is 0.338 e. The van der Waals surface area contributed by atoms with Crippen LogP contribution in [-0.4, -0.2) is 62.6 Å². The van der Waals surface area contributed by atoms with Crippen LogP contribution in [0.3, 0.4) is 0 Å². The molecule has 1 aliphatic rings. The van der Waals surface area contributed by atoms with E-state index in [0.717, 1.165) is 5.56 Å². The first-order valence-electron chi connectivity index (χ1n) is 14.4. The number of urea groups is 1. The Kier molecular flexibility index (Phi) is 11.8. The molecule has 0 saturated heterocycles. The highest BCUT2D eigenvalue weighted by molar-refractivity contribution is 6.32. The number of benzene rings is 3. The number of rotatable bonds is 14. The number of methoxy groups -OCH3 is 2. The number of hydrazone groups is 1. The van der Waals surface area contributed by atoms with Gasteiger partial charge in [-0.25, -0.2) is 19.8 Å². The number of aromatic carboxylic acids is 1. The molecular weight excluding hydrogens is 648 g/mol. The van der Waals surface area contributed by atoms with Crippen LogP contribution < -0.4 is 35.0 Å². The van der Waals surface area contributed by atoms with Gasteiger partial charge in [0.25, 0.3) is 5.91 Å². The van der Waals surface area contributed by atoms with Gasteiger partial charge in [0.05, 0.1) is 49.2 Å². The third kappa shape index (κ3) is 8.73. The number of carbonyl (C=O) groups is 4. The minimum Gasteiger partial charge on any atom is -0.493 e. The number of hydrogen-bond donors (Lipinski definition) is 4. The molecule has 3 aromatic carbocycles. The number of carbonyl (C=O) groups excluding carboxylic acids is 3. The Morgan fingerprint density at radius 2 is 1.73 bits per heavy atom. The van der Waals surface area contributed by atoms with Crippen molar-refractivity contribution in [2.75, 3.05) is 27.4 Å². The molecule has 0 unspecified atom stereocenters. The summed E-state index contributed by atoms with van der Waals surface area (Å²) in [6.07, 6.45) is 1.36. The molecule has 1 atom stereocenters. The van der Waals surface area contributed by atoms with Crippen molar-refractivity contribution >= 4 is 41.7 Å². The van der Waals surface area contributed by atoms with Gasteiger partial charge in [0.1, 0.15) is 6.61 Å². The molecule has 0 radical (unpaired) electrons. The van der Waals surface area contributed by atoms with E-state index in [9.17, 15) is 19.2 Å². The topological polar surface area (TPSA) is 183 Å². The zero-order valence-electron chi connectivity index (χ0n) is 26.4. The molecular formula is C33H33ClN4O10. The fourth-order valence-corrected chi connectivity index (χ4v) is 4.89. The van der Waals surface area contributed by atoms with E-state index in [2.05, 4.69) is 21.2 Å². The third-order valence-corrected chi connectivity index (χ3v) is 7.16. The van der Waals surface area contributed by atoms with Gasteiger partial charge in [-0.3, -0.25) is 4.79 Å². The molecule has 48 heavy (non-hydrogen) atoms. The lowest BCUT2D eigenvalue weighted by molar-refractivity contribution is -0.139. The van der Waals surface area contributed by atoms with Crippen LogP contribution in [-0.2, 0) is 20.9 Å². The first kappa shape index (κ1) is 35.1. The molecule has 15 heteroatoms. The molecule has 3 aromatic rings. The third-order valence-electron chi connectivity index (χ3n) is 6.88. The average Bonchev–Trinajstić information content (AvgIpc) is 3.06. The lowest BCUT2D eigenvalue weighted by Gasteiger charge is -2.28. The molecule has 1 aliphatic heterocycles. The molecule has 0 aromatic heterocycles.